The van der Waals surface area contributed by atoms with E-state index in [1.807, 2.05) is 30.3 Å². The fourth-order valence-corrected chi connectivity index (χ4v) is 2.38. The zero-order valence-electron chi connectivity index (χ0n) is 11.8. The largest absolute Gasteiger partial charge is 0.308 e. The Balaban J connectivity index is 1.77. The molecule has 2 heterocycles. The van der Waals surface area contributed by atoms with Crippen molar-refractivity contribution in [1.29, 1.82) is 0 Å². The van der Waals surface area contributed by atoms with Crippen molar-refractivity contribution in [2.45, 2.75) is 26.4 Å². The lowest BCUT2D eigenvalue weighted by atomic mass is 10.2. The highest BCUT2D eigenvalue weighted by atomic mass is 32.1. The molecule has 0 unspecified atom stereocenters. The van der Waals surface area contributed by atoms with E-state index < -0.39 is 0 Å². The third-order valence-electron chi connectivity index (χ3n) is 2.73. The van der Waals surface area contributed by atoms with Crippen molar-refractivity contribution in [2.24, 2.45) is 0 Å². The maximum atomic E-state index is 4.34. The van der Waals surface area contributed by atoms with E-state index in [0.29, 0.717) is 23.5 Å². The van der Waals surface area contributed by atoms with E-state index in [9.17, 15) is 0 Å². The van der Waals surface area contributed by atoms with Gasteiger partial charge in [-0.25, -0.2) is 0 Å². The van der Waals surface area contributed by atoms with E-state index in [1.54, 1.807) is 0 Å². The summed E-state index contributed by atoms with van der Waals surface area (Å²) in [5, 5.41) is 25.5. The fourth-order valence-electron chi connectivity index (χ4n) is 1.69. The molecule has 0 fully saturated rings. The summed E-state index contributed by atoms with van der Waals surface area (Å²) in [6.07, 6.45) is 0. The first-order valence-electron chi connectivity index (χ1n) is 6.64. The molecule has 0 amide bonds. The van der Waals surface area contributed by atoms with Crippen LogP contribution in [0, 0.1) is 0 Å². The maximum absolute atomic E-state index is 4.34. The second-order valence-corrected chi connectivity index (χ2v) is 5.82. The van der Waals surface area contributed by atoms with Gasteiger partial charge in [0.15, 0.2) is 0 Å². The standard InChI is InChI=1S/C13H15N7S/c1-9(2)14-8-11-15-17-13(21-11)20-18-12(16-19-20)10-6-4-3-5-7-10/h3-7,9,14H,8H2,1-2H3. The lowest BCUT2D eigenvalue weighted by Gasteiger charge is -2.03. The average molecular weight is 301 g/mol. The van der Waals surface area contributed by atoms with Crippen LogP contribution in [-0.4, -0.2) is 36.4 Å². The van der Waals surface area contributed by atoms with Crippen molar-refractivity contribution in [1.82, 2.24) is 35.7 Å². The quantitative estimate of drug-likeness (QED) is 0.772. The molecule has 7 nitrogen and oxygen atoms in total. The van der Waals surface area contributed by atoms with Crippen molar-refractivity contribution in [3.05, 3.63) is 35.3 Å². The molecule has 21 heavy (non-hydrogen) atoms. The minimum absolute atomic E-state index is 0.409. The summed E-state index contributed by atoms with van der Waals surface area (Å²) in [6.45, 7) is 4.87. The van der Waals surface area contributed by atoms with Crippen LogP contribution in [0.5, 0.6) is 0 Å². The Morgan fingerprint density at radius 2 is 1.95 bits per heavy atom. The van der Waals surface area contributed by atoms with Crippen molar-refractivity contribution >= 4 is 11.3 Å². The van der Waals surface area contributed by atoms with E-state index in [0.717, 1.165) is 10.6 Å². The highest BCUT2D eigenvalue weighted by molar-refractivity contribution is 7.13. The molecule has 0 saturated carbocycles. The van der Waals surface area contributed by atoms with E-state index in [-0.39, 0.29) is 0 Å². The number of tetrazole rings is 1. The molecular formula is C13H15N7S. The van der Waals surface area contributed by atoms with E-state index in [2.05, 4.69) is 44.8 Å². The lowest BCUT2D eigenvalue weighted by Crippen LogP contribution is -2.21. The molecule has 3 aromatic rings. The number of hydrogen-bond donors (Lipinski definition) is 1. The van der Waals surface area contributed by atoms with Crippen molar-refractivity contribution in [3.8, 4) is 16.5 Å². The highest BCUT2D eigenvalue weighted by Crippen LogP contribution is 2.16. The normalized spacial score (nSPS) is 11.2. The molecule has 8 heteroatoms. The van der Waals surface area contributed by atoms with Gasteiger partial charge in [0.2, 0.25) is 5.82 Å². The molecule has 0 aliphatic rings. The fraction of sp³-hybridized carbons (Fsp3) is 0.308. The first-order valence-corrected chi connectivity index (χ1v) is 7.45. The Morgan fingerprint density at radius 3 is 2.71 bits per heavy atom. The van der Waals surface area contributed by atoms with Gasteiger partial charge in [0, 0.05) is 18.2 Å². The predicted octanol–water partition coefficient (Wildman–Crippen LogP) is 1.68. The number of benzene rings is 1. The van der Waals surface area contributed by atoms with Crippen LogP contribution in [0.1, 0.15) is 18.9 Å². The second-order valence-electron chi connectivity index (χ2n) is 4.78. The van der Waals surface area contributed by atoms with Gasteiger partial charge in [-0.3, -0.25) is 0 Å². The minimum atomic E-state index is 0.409. The Hall–Kier alpha value is -2.19. The molecule has 2 aromatic heterocycles. The van der Waals surface area contributed by atoms with Crippen LogP contribution in [0.15, 0.2) is 30.3 Å². The number of rotatable bonds is 5. The number of aromatic nitrogens is 6. The van der Waals surface area contributed by atoms with Crippen LogP contribution in [-0.2, 0) is 6.54 Å². The summed E-state index contributed by atoms with van der Waals surface area (Å²) in [5.74, 6) is 0.577. The molecular weight excluding hydrogens is 286 g/mol. The molecule has 0 bridgehead atoms. The average Bonchev–Trinajstić information content (AvgIpc) is 3.15. The molecule has 1 aromatic carbocycles. The first kappa shape index (κ1) is 13.8. The summed E-state index contributed by atoms with van der Waals surface area (Å²) in [6, 6.07) is 10.1. The smallest absolute Gasteiger partial charge is 0.253 e. The lowest BCUT2D eigenvalue weighted by molar-refractivity contribution is 0.584. The zero-order valence-corrected chi connectivity index (χ0v) is 12.6. The van der Waals surface area contributed by atoms with Crippen LogP contribution >= 0.6 is 11.3 Å². The molecule has 3 rings (SSSR count). The van der Waals surface area contributed by atoms with Crippen molar-refractivity contribution in [2.75, 3.05) is 0 Å². The van der Waals surface area contributed by atoms with Gasteiger partial charge in [-0.1, -0.05) is 60.3 Å². The van der Waals surface area contributed by atoms with Gasteiger partial charge in [-0.15, -0.1) is 20.4 Å². The van der Waals surface area contributed by atoms with Crippen LogP contribution in [0.2, 0.25) is 0 Å². The Morgan fingerprint density at radius 1 is 1.14 bits per heavy atom. The predicted molar refractivity (Wildman–Crippen MR) is 80.0 cm³/mol. The summed E-state index contributed by atoms with van der Waals surface area (Å²) < 4.78 is 0. The minimum Gasteiger partial charge on any atom is -0.308 e. The Labute approximate surface area is 126 Å². The first-order chi connectivity index (χ1) is 10.2. The van der Waals surface area contributed by atoms with Gasteiger partial charge < -0.3 is 5.32 Å². The molecule has 108 valence electrons. The van der Waals surface area contributed by atoms with Crippen LogP contribution in [0.25, 0.3) is 16.5 Å². The van der Waals surface area contributed by atoms with Gasteiger partial charge in [-0.2, -0.15) is 0 Å². The van der Waals surface area contributed by atoms with Gasteiger partial charge in [-0.05, 0) is 5.21 Å². The zero-order chi connectivity index (χ0) is 14.7. The van der Waals surface area contributed by atoms with Gasteiger partial charge in [0.25, 0.3) is 5.13 Å². The maximum Gasteiger partial charge on any atom is 0.253 e. The molecule has 1 N–H and O–H groups in total. The van der Waals surface area contributed by atoms with Crippen LogP contribution in [0.3, 0.4) is 0 Å². The Kier molecular flexibility index (Phi) is 3.98. The summed E-state index contributed by atoms with van der Waals surface area (Å²) >= 11 is 1.45. The van der Waals surface area contributed by atoms with Gasteiger partial charge in [0.1, 0.15) is 5.01 Å². The van der Waals surface area contributed by atoms with Crippen molar-refractivity contribution < 1.29 is 0 Å². The number of nitrogens with zero attached hydrogens (tertiary/aromatic N) is 6. The topological polar surface area (TPSA) is 81.4 Å². The molecule has 0 spiro atoms. The van der Waals surface area contributed by atoms with E-state index in [4.69, 9.17) is 0 Å². The SMILES string of the molecule is CC(C)NCc1nnc(-n2nnc(-c3ccccc3)n2)s1. The summed E-state index contributed by atoms with van der Waals surface area (Å²) in [5.41, 5.74) is 0.926. The van der Waals surface area contributed by atoms with Gasteiger partial charge >= 0.3 is 0 Å². The van der Waals surface area contributed by atoms with Crippen LogP contribution in [0.4, 0.5) is 0 Å². The molecule has 0 aliphatic carbocycles. The van der Waals surface area contributed by atoms with E-state index >= 15 is 0 Å². The monoisotopic (exact) mass is 301 g/mol. The van der Waals surface area contributed by atoms with Gasteiger partial charge in [0.05, 0.1) is 0 Å². The highest BCUT2D eigenvalue weighted by Gasteiger charge is 2.11. The molecule has 0 atom stereocenters. The van der Waals surface area contributed by atoms with Crippen molar-refractivity contribution in [3.63, 3.8) is 0 Å². The summed E-state index contributed by atoms with van der Waals surface area (Å²) in [4.78, 5) is 1.42. The summed E-state index contributed by atoms with van der Waals surface area (Å²) in [7, 11) is 0. The Bertz CT molecular complexity index is 704. The second kappa shape index (κ2) is 6.06. The number of hydrogen-bond acceptors (Lipinski definition) is 7. The molecule has 0 saturated heterocycles. The third kappa shape index (κ3) is 3.29. The number of nitrogens with one attached hydrogen (secondary N) is 1. The molecule has 0 radical (unpaired) electrons. The third-order valence-corrected chi connectivity index (χ3v) is 3.62. The van der Waals surface area contributed by atoms with Crippen LogP contribution < -0.4 is 5.32 Å². The van der Waals surface area contributed by atoms with E-state index in [1.165, 1.54) is 16.1 Å². The molecule has 0 aliphatic heterocycles.